The van der Waals surface area contributed by atoms with Crippen LogP contribution >= 0.6 is 11.3 Å². The lowest BCUT2D eigenvalue weighted by molar-refractivity contribution is 0.0462. The molecule has 1 aromatic carbocycles. The predicted octanol–water partition coefficient (Wildman–Crippen LogP) is 2.90. The first-order chi connectivity index (χ1) is 10.7. The molecule has 0 spiro atoms. The molecule has 0 aliphatic rings. The molecule has 5 nitrogen and oxygen atoms in total. The Balaban J connectivity index is 1.72. The van der Waals surface area contributed by atoms with Gasteiger partial charge in [0.1, 0.15) is 17.1 Å². The molecule has 0 aliphatic carbocycles. The molecule has 2 aromatic heterocycles. The summed E-state index contributed by atoms with van der Waals surface area (Å²) in [6, 6.07) is 9.03. The molecule has 0 amide bonds. The van der Waals surface area contributed by atoms with Crippen LogP contribution in [0.2, 0.25) is 0 Å². The molecule has 0 radical (unpaired) electrons. The first kappa shape index (κ1) is 14.5. The summed E-state index contributed by atoms with van der Waals surface area (Å²) < 4.78 is 5.77. The monoisotopic (exact) mass is 314 g/mol. The summed E-state index contributed by atoms with van der Waals surface area (Å²) in [4.78, 5) is 30.7. The number of fused-ring (bicyclic) bond motifs is 1. The molecule has 0 bridgehead atoms. The van der Waals surface area contributed by atoms with Gasteiger partial charge in [0.15, 0.2) is 0 Å². The zero-order chi connectivity index (χ0) is 15.5. The minimum atomic E-state index is -0.435. The number of hydrogen-bond acceptors (Lipinski definition) is 5. The third-order valence-electron chi connectivity index (χ3n) is 3.30. The van der Waals surface area contributed by atoms with E-state index in [0.29, 0.717) is 21.6 Å². The molecule has 3 rings (SSSR count). The fourth-order valence-electron chi connectivity index (χ4n) is 2.08. The number of esters is 1. The molecule has 2 heterocycles. The van der Waals surface area contributed by atoms with Crippen LogP contribution in [0.1, 0.15) is 28.7 Å². The highest BCUT2D eigenvalue weighted by Gasteiger charge is 2.10. The van der Waals surface area contributed by atoms with E-state index in [0.717, 1.165) is 12.0 Å². The number of H-pyrrole nitrogens is 1. The third kappa shape index (κ3) is 2.92. The van der Waals surface area contributed by atoms with Crippen LogP contribution in [0, 0.1) is 0 Å². The van der Waals surface area contributed by atoms with Crippen molar-refractivity contribution >= 4 is 27.5 Å². The Morgan fingerprint density at radius 1 is 1.27 bits per heavy atom. The quantitative estimate of drug-likeness (QED) is 0.752. The van der Waals surface area contributed by atoms with Crippen molar-refractivity contribution in [2.75, 3.05) is 0 Å². The standard InChI is InChI=1S/C16H14N2O3S/c1-2-10-3-5-11(6-4-10)16(20)21-9-13-17-12-7-8-22-14(12)15(19)18-13/h3-8H,2,9H2,1H3,(H,17,18,19). The normalized spacial score (nSPS) is 10.8. The fraction of sp³-hybridized carbons (Fsp3) is 0.188. The molecular formula is C16H14N2O3S. The van der Waals surface area contributed by atoms with E-state index in [1.165, 1.54) is 11.3 Å². The molecule has 0 aliphatic heterocycles. The van der Waals surface area contributed by atoms with Crippen molar-refractivity contribution in [2.24, 2.45) is 0 Å². The highest BCUT2D eigenvalue weighted by molar-refractivity contribution is 7.17. The van der Waals surface area contributed by atoms with Crippen LogP contribution in [0.15, 0.2) is 40.5 Å². The first-order valence-corrected chi connectivity index (χ1v) is 7.78. The van der Waals surface area contributed by atoms with Crippen LogP contribution in [0.4, 0.5) is 0 Å². The van der Waals surface area contributed by atoms with Gasteiger partial charge in [-0.1, -0.05) is 19.1 Å². The molecule has 112 valence electrons. The maximum absolute atomic E-state index is 12.0. The number of carbonyl (C=O) groups excluding carboxylic acids is 1. The number of carbonyl (C=O) groups is 1. The van der Waals surface area contributed by atoms with Crippen LogP contribution < -0.4 is 5.56 Å². The highest BCUT2D eigenvalue weighted by Crippen LogP contribution is 2.14. The summed E-state index contributed by atoms with van der Waals surface area (Å²) in [7, 11) is 0. The number of nitrogens with zero attached hydrogens (tertiary/aromatic N) is 1. The van der Waals surface area contributed by atoms with Crippen LogP contribution in [-0.2, 0) is 17.8 Å². The van der Waals surface area contributed by atoms with E-state index in [-0.39, 0.29) is 12.2 Å². The second kappa shape index (κ2) is 6.11. The van der Waals surface area contributed by atoms with Crippen molar-refractivity contribution in [2.45, 2.75) is 20.0 Å². The van der Waals surface area contributed by atoms with Gasteiger partial charge < -0.3 is 9.72 Å². The number of hydrogen-bond donors (Lipinski definition) is 1. The number of ether oxygens (including phenoxy) is 1. The van der Waals surface area contributed by atoms with Gasteiger partial charge >= 0.3 is 5.97 Å². The Hall–Kier alpha value is -2.47. The number of aryl methyl sites for hydroxylation is 1. The smallest absolute Gasteiger partial charge is 0.338 e. The van der Waals surface area contributed by atoms with E-state index in [4.69, 9.17) is 4.74 Å². The zero-order valence-corrected chi connectivity index (χ0v) is 12.8. The number of benzene rings is 1. The average Bonchev–Trinajstić information content (AvgIpc) is 3.02. The van der Waals surface area contributed by atoms with E-state index >= 15 is 0 Å². The van der Waals surface area contributed by atoms with Crippen LogP contribution in [0.5, 0.6) is 0 Å². The predicted molar refractivity (Wildman–Crippen MR) is 85.2 cm³/mol. The molecule has 0 saturated heterocycles. The van der Waals surface area contributed by atoms with Gasteiger partial charge in [0, 0.05) is 0 Å². The largest absolute Gasteiger partial charge is 0.454 e. The number of aromatic nitrogens is 2. The van der Waals surface area contributed by atoms with E-state index < -0.39 is 5.97 Å². The van der Waals surface area contributed by atoms with Gasteiger partial charge in [-0.2, -0.15) is 0 Å². The summed E-state index contributed by atoms with van der Waals surface area (Å²) in [5.74, 6) is -0.0925. The molecule has 0 unspecified atom stereocenters. The second-order valence-corrected chi connectivity index (χ2v) is 5.69. The summed E-state index contributed by atoms with van der Waals surface area (Å²) in [6.45, 7) is 1.99. The van der Waals surface area contributed by atoms with Gasteiger partial charge in [0.25, 0.3) is 5.56 Å². The summed E-state index contributed by atoms with van der Waals surface area (Å²) in [6.07, 6.45) is 0.918. The molecule has 0 atom stereocenters. The first-order valence-electron chi connectivity index (χ1n) is 6.90. The van der Waals surface area contributed by atoms with E-state index in [2.05, 4.69) is 16.9 Å². The van der Waals surface area contributed by atoms with Gasteiger partial charge in [-0.3, -0.25) is 4.79 Å². The van der Waals surface area contributed by atoms with Crippen molar-refractivity contribution < 1.29 is 9.53 Å². The molecule has 1 N–H and O–H groups in total. The maximum Gasteiger partial charge on any atom is 0.338 e. The summed E-state index contributed by atoms with van der Waals surface area (Å²) >= 11 is 1.33. The van der Waals surface area contributed by atoms with Crippen molar-refractivity contribution in [1.29, 1.82) is 0 Å². The Bertz CT molecular complexity index is 865. The van der Waals surface area contributed by atoms with Crippen molar-refractivity contribution in [3.05, 3.63) is 63.0 Å². The number of aromatic amines is 1. The minimum Gasteiger partial charge on any atom is -0.454 e. The van der Waals surface area contributed by atoms with E-state index in [1.54, 1.807) is 23.6 Å². The molecule has 22 heavy (non-hydrogen) atoms. The molecule has 6 heteroatoms. The van der Waals surface area contributed by atoms with Crippen LogP contribution in [0.3, 0.4) is 0 Å². The van der Waals surface area contributed by atoms with Gasteiger partial charge in [-0.05, 0) is 35.6 Å². The van der Waals surface area contributed by atoms with Crippen molar-refractivity contribution in [3.63, 3.8) is 0 Å². The number of nitrogens with one attached hydrogen (secondary N) is 1. The summed E-state index contributed by atoms with van der Waals surface area (Å²) in [5.41, 5.74) is 2.05. The lowest BCUT2D eigenvalue weighted by atomic mass is 10.1. The molecule has 0 fully saturated rings. The van der Waals surface area contributed by atoms with Gasteiger partial charge in [0.05, 0.1) is 11.1 Å². The number of rotatable bonds is 4. The van der Waals surface area contributed by atoms with Crippen molar-refractivity contribution in [1.82, 2.24) is 9.97 Å². The molecule has 0 saturated carbocycles. The van der Waals surface area contributed by atoms with Gasteiger partial charge in [-0.15, -0.1) is 11.3 Å². The van der Waals surface area contributed by atoms with E-state index in [9.17, 15) is 9.59 Å². The minimum absolute atomic E-state index is 0.0601. The van der Waals surface area contributed by atoms with E-state index in [1.807, 2.05) is 12.1 Å². The summed E-state index contributed by atoms with van der Waals surface area (Å²) in [5, 5.41) is 1.80. The molecular weight excluding hydrogens is 300 g/mol. The Labute approximate surface area is 130 Å². The van der Waals surface area contributed by atoms with Crippen LogP contribution in [0.25, 0.3) is 10.2 Å². The Kier molecular flexibility index (Phi) is 4.02. The van der Waals surface area contributed by atoms with Gasteiger partial charge in [-0.25, -0.2) is 9.78 Å². The van der Waals surface area contributed by atoms with Crippen molar-refractivity contribution in [3.8, 4) is 0 Å². The SMILES string of the molecule is CCc1ccc(C(=O)OCc2nc3ccsc3c(=O)[nH]2)cc1. The highest BCUT2D eigenvalue weighted by atomic mass is 32.1. The third-order valence-corrected chi connectivity index (χ3v) is 4.20. The zero-order valence-electron chi connectivity index (χ0n) is 12.0. The van der Waals surface area contributed by atoms with Crippen LogP contribution in [-0.4, -0.2) is 15.9 Å². The maximum atomic E-state index is 12.0. The molecule has 3 aromatic rings. The fourth-order valence-corrected chi connectivity index (χ4v) is 2.81. The van der Waals surface area contributed by atoms with Gasteiger partial charge in [0.2, 0.25) is 0 Å². The second-order valence-electron chi connectivity index (χ2n) is 4.77. The topological polar surface area (TPSA) is 72.0 Å². The lowest BCUT2D eigenvalue weighted by Crippen LogP contribution is -2.13. The average molecular weight is 314 g/mol. The Morgan fingerprint density at radius 3 is 2.77 bits per heavy atom. The Morgan fingerprint density at radius 2 is 2.05 bits per heavy atom. The lowest BCUT2D eigenvalue weighted by Gasteiger charge is -2.05. The number of thiophene rings is 1.